The Morgan fingerprint density at radius 3 is 1.95 bits per heavy atom. The zero-order valence-corrected chi connectivity index (χ0v) is 13.5. The molecule has 1 heterocycles. The van der Waals surface area contributed by atoms with Crippen LogP contribution in [-0.4, -0.2) is 16.6 Å². The first-order valence-corrected chi connectivity index (χ1v) is 8.44. The fourth-order valence-corrected chi connectivity index (χ4v) is 2.65. The van der Waals surface area contributed by atoms with Gasteiger partial charge in [0.25, 0.3) is 0 Å². The number of hydrogen-bond acceptors (Lipinski definition) is 2. The molecule has 0 saturated heterocycles. The molecule has 0 radical (unpaired) electrons. The molecule has 112 valence electrons. The highest BCUT2D eigenvalue weighted by atomic mass is 35.5. The Morgan fingerprint density at radius 1 is 0.947 bits per heavy atom. The number of unbranched alkanes of at least 4 members (excludes halogenated alkanes) is 9. The van der Waals surface area contributed by atoms with E-state index in [1.54, 1.807) is 0 Å². The standard InChI is InChI=1S/C16H31ClN2/c1-3-4-5-6-7-8-9-10-11-12-14-19-15-13-16(2,17)18-19/h13,15,18H,3-12,14H2,1-2H3. The molecule has 0 fully saturated rings. The lowest BCUT2D eigenvalue weighted by molar-refractivity contribution is 0.260. The van der Waals surface area contributed by atoms with Gasteiger partial charge >= 0.3 is 0 Å². The molecule has 0 saturated carbocycles. The van der Waals surface area contributed by atoms with Crippen molar-refractivity contribution < 1.29 is 0 Å². The average Bonchev–Trinajstić information content (AvgIpc) is 2.71. The summed E-state index contributed by atoms with van der Waals surface area (Å²) in [4.78, 5) is -0.376. The predicted molar refractivity (Wildman–Crippen MR) is 85.1 cm³/mol. The van der Waals surface area contributed by atoms with Crippen molar-refractivity contribution in [2.45, 2.75) is 83.1 Å². The van der Waals surface area contributed by atoms with Crippen LogP contribution in [0.25, 0.3) is 0 Å². The van der Waals surface area contributed by atoms with Crippen molar-refractivity contribution in [1.82, 2.24) is 10.4 Å². The fraction of sp³-hybridized carbons (Fsp3) is 0.875. The van der Waals surface area contributed by atoms with Gasteiger partial charge in [-0.3, -0.25) is 0 Å². The molecule has 0 aromatic heterocycles. The predicted octanol–water partition coefficient (Wildman–Crippen LogP) is 5.20. The van der Waals surface area contributed by atoms with E-state index in [1.165, 1.54) is 64.2 Å². The van der Waals surface area contributed by atoms with E-state index in [9.17, 15) is 0 Å². The maximum absolute atomic E-state index is 6.16. The van der Waals surface area contributed by atoms with Crippen LogP contribution in [0.5, 0.6) is 0 Å². The zero-order chi connectivity index (χ0) is 14.0. The smallest absolute Gasteiger partial charge is 0.128 e. The summed E-state index contributed by atoms with van der Waals surface area (Å²) in [5.41, 5.74) is 3.25. The second-order valence-electron chi connectivity index (χ2n) is 5.88. The summed E-state index contributed by atoms with van der Waals surface area (Å²) >= 11 is 6.16. The largest absolute Gasteiger partial charge is 0.314 e. The Balaban J connectivity index is 1.81. The first-order chi connectivity index (χ1) is 9.14. The number of nitrogens with zero attached hydrogens (tertiary/aromatic N) is 1. The van der Waals surface area contributed by atoms with Crippen LogP contribution in [0.15, 0.2) is 12.3 Å². The van der Waals surface area contributed by atoms with Crippen LogP contribution in [0.3, 0.4) is 0 Å². The number of hydrazine groups is 1. The van der Waals surface area contributed by atoms with Crippen molar-refractivity contribution in [3.63, 3.8) is 0 Å². The molecule has 1 aliphatic rings. The summed E-state index contributed by atoms with van der Waals surface area (Å²) in [5.74, 6) is 0. The minimum absolute atomic E-state index is 0.376. The van der Waals surface area contributed by atoms with Crippen LogP contribution in [0, 0.1) is 0 Å². The molecule has 0 spiro atoms. The number of alkyl halides is 1. The van der Waals surface area contributed by atoms with Gasteiger partial charge in [0, 0.05) is 12.7 Å². The Hall–Kier alpha value is -0.210. The third kappa shape index (κ3) is 8.54. The summed E-state index contributed by atoms with van der Waals surface area (Å²) in [7, 11) is 0. The van der Waals surface area contributed by atoms with E-state index in [0.717, 1.165) is 6.54 Å². The lowest BCUT2D eigenvalue weighted by Crippen LogP contribution is -2.40. The molecule has 19 heavy (non-hydrogen) atoms. The Kier molecular flexibility index (Phi) is 8.56. The highest BCUT2D eigenvalue weighted by Crippen LogP contribution is 2.19. The summed E-state index contributed by atoms with van der Waals surface area (Å²) in [5, 5.41) is 2.11. The average molecular weight is 287 g/mol. The second kappa shape index (κ2) is 9.66. The van der Waals surface area contributed by atoms with Crippen LogP contribution in [0.1, 0.15) is 78.1 Å². The number of halogens is 1. The number of rotatable bonds is 11. The first kappa shape index (κ1) is 16.8. The van der Waals surface area contributed by atoms with Gasteiger partial charge in [-0.15, -0.1) is 0 Å². The molecule has 1 atom stereocenters. The highest BCUT2D eigenvalue weighted by Gasteiger charge is 2.23. The van der Waals surface area contributed by atoms with Crippen molar-refractivity contribution in [1.29, 1.82) is 0 Å². The van der Waals surface area contributed by atoms with Crippen LogP contribution in [0.2, 0.25) is 0 Å². The summed E-state index contributed by atoms with van der Waals surface area (Å²) in [6, 6.07) is 0. The van der Waals surface area contributed by atoms with Gasteiger partial charge < -0.3 is 5.01 Å². The minimum Gasteiger partial charge on any atom is -0.314 e. The lowest BCUT2D eigenvalue weighted by Gasteiger charge is -2.22. The van der Waals surface area contributed by atoms with Gasteiger partial charge in [0.05, 0.1) is 0 Å². The summed E-state index contributed by atoms with van der Waals surface area (Å²) < 4.78 is 0. The normalized spacial score (nSPS) is 22.4. The fourth-order valence-electron chi connectivity index (χ4n) is 2.49. The molecule has 0 aliphatic carbocycles. The van der Waals surface area contributed by atoms with Gasteiger partial charge in [0.2, 0.25) is 0 Å². The van der Waals surface area contributed by atoms with E-state index in [2.05, 4.69) is 23.6 Å². The summed E-state index contributed by atoms with van der Waals surface area (Å²) in [6.07, 6.45) is 17.9. The molecule has 0 aromatic carbocycles. The molecule has 1 unspecified atom stereocenters. The Morgan fingerprint density at radius 2 is 1.47 bits per heavy atom. The van der Waals surface area contributed by atoms with E-state index in [1.807, 2.05) is 13.0 Å². The van der Waals surface area contributed by atoms with Gasteiger partial charge in [0.1, 0.15) is 5.00 Å². The molecular formula is C16H31ClN2. The number of hydrogen-bond donors (Lipinski definition) is 1. The Bertz CT molecular complexity index is 251. The molecule has 0 aromatic rings. The minimum atomic E-state index is -0.376. The molecular weight excluding hydrogens is 256 g/mol. The highest BCUT2D eigenvalue weighted by molar-refractivity contribution is 6.24. The van der Waals surface area contributed by atoms with Gasteiger partial charge in [-0.25, -0.2) is 5.43 Å². The van der Waals surface area contributed by atoms with Gasteiger partial charge in [-0.05, 0) is 19.4 Å². The third-order valence-electron chi connectivity index (χ3n) is 3.68. The van der Waals surface area contributed by atoms with E-state index in [0.29, 0.717) is 0 Å². The Labute approximate surface area is 124 Å². The van der Waals surface area contributed by atoms with E-state index in [-0.39, 0.29) is 5.00 Å². The van der Waals surface area contributed by atoms with E-state index < -0.39 is 0 Å². The SMILES string of the molecule is CCCCCCCCCCCCN1C=CC(C)(Cl)N1. The van der Waals surface area contributed by atoms with E-state index >= 15 is 0 Å². The maximum atomic E-state index is 6.16. The molecule has 2 nitrogen and oxygen atoms in total. The quantitative estimate of drug-likeness (QED) is 0.319. The van der Waals surface area contributed by atoms with Crippen molar-refractivity contribution in [2.75, 3.05) is 6.54 Å². The molecule has 0 amide bonds. The monoisotopic (exact) mass is 286 g/mol. The third-order valence-corrected chi connectivity index (χ3v) is 3.89. The van der Waals surface area contributed by atoms with Crippen LogP contribution in [-0.2, 0) is 0 Å². The topological polar surface area (TPSA) is 15.3 Å². The zero-order valence-electron chi connectivity index (χ0n) is 12.8. The lowest BCUT2D eigenvalue weighted by atomic mass is 10.1. The van der Waals surface area contributed by atoms with Crippen molar-refractivity contribution >= 4 is 11.6 Å². The van der Waals surface area contributed by atoms with E-state index in [4.69, 9.17) is 11.6 Å². The van der Waals surface area contributed by atoms with Crippen LogP contribution in [0.4, 0.5) is 0 Å². The molecule has 1 N–H and O–H groups in total. The van der Waals surface area contributed by atoms with Crippen molar-refractivity contribution in [2.24, 2.45) is 0 Å². The molecule has 1 aliphatic heterocycles. The molecule has 3 heteroatoms. The first-order valence-electron chi connectivity index (χ1n) is 8.07. The van der Waals surface area contributed by atoms with Crippen LogP contribution >= 0.6 is 11.6 Å². The summed E-state index contributed by atoms with van der Waals surface area (Å²) in [6.45, 7) is 5.32. The molecule has 1 rings (SSSR count). The second-order valence-corrected chi connectivity index (χ2v) is 6.66. The van der Waals surface area contributed by atoms with Gasteiger partial charge in [0.15, 0.2) is 0 Å². The van der Waals surface area contributed by atoms with Gasteiger partial charge in [-0.2, -0.15) is 0 Å². The number of nitrogens with one attached hydrogen (secondary N) is 1. The maximum Gasteiger partial charge on any atom is 0.128 e. The van der Waals surface area contributed by atoms with Crippen molar-refractivity contribution in [3.8, 4) is 0 Å². The molecule has 0 bridgehead atoms. The van der Waals surface area contributed by atoms with Gasteiger partial charge in [-0.1, -0.05) is 76.3 Å². The van der Waals surface area contributed by atoms with Crippen molar-refractivity contribution in [3.05, 3.63) is 12.3 Å². The van der Waals surface area contributed by atoms with Crippen LogP contribution < -0.4 is 5.43 Å².